The van der Waals surface area contributed by atoms with Crippen molar-refractivity contribution in [1.82, 2.24) is 0 Å². The summed E-state index contributed by atoms with van der Waals surface area (Å²) >= 11 is 0. The molecule has 0 spiro atoms. The predicted octanol–water partition coefficient (Wildman–Crippen LogP) is -2.66. The van der Waals surface area contributed by atoms with E-state index in [1.165, 1.54) is 0 Å². The molecule has 0 aliphatic rings. The van der Waals surface area contributed by atoms with Gasteiger partial charge in [-0.05, 0) is 0 Å². The molecule has 0 fully saturated rings. The van der Waals surface area contributed by atoms with Crippen molar-refractivity contribution in [3.05, 3.63) is 0 Å². The van der Waals surface area contributed by atoms with Crippen LogP contribution >= 0.6 is 0 Å². The second-order valence-electron chi connectivity index (χ2n) is 0.283. The molecular formula is CH3LiNbO3. The quantitative estimate of drug-likeness (QED) is 0.383. The van der Waals surface area contributed by atoms with E-state index < -0.39 is 6.16 Å². The van der Waals surface area contributed by atoms with Gasteiger partial charge in [0.15, 0.2) is 0 Å². The van der Waals surface area contributed by atoms with Crippen molar-refractivity contribution in [1.29, 1.82) is 0 Å². The first-order chi connectivity index (χ1) is 1.73. The van der Waals surface area contributed by atoms with Crippen LogP contribution in [-0.2, 0) is 22.4 Å². The van der Waals surface area contributed by atoms with Gasteiger partial charge >= 0.3 is 25.0 Å². The van der Waals surface area contributed by atoms with Crippen LogP contribution < -0.4 is 18.9 Å². The van der Waals surface area contributed by atoms with Crippen molar-refractivity contribution in [3.63, 3.8) is 0 Å². The van der Waals surface area contributed by atoms with Crippen LogP contribution in [0.5, 0.6) is 0 Å². The maximum absolute atomic E-state index is 8.56. The first-order valence-corrected chi connectivity index (χ1v) is 0.651. The maximum atomic E-state index is 8.56. The normalized spacial score (nSPS) is 4.00. The number of hydrogen-bond donors (Lipinski definition) is 2. The topological polar surface area (TPSA) is 57.5 Å². The maximum Gasteiger partial charge on any atom is 1.00 e. The van der Waals surface area contributed by atoms with E-state index in [1.807, 2.05) is 0 Å². The van der Waals surface area contributed by atoms with Gasteiger partial charge in [0.25, 0.3) is 0 Å². The number of carboxylic acid groups (broad SMARTS) is 2. The van der Waals surface area contributed by atoms with E-state index in [-0.39, 0.29) is 42.7 Å². The first kappa shape index (κ1) is 16.0. The summed E-state index contributed by atoms with van der Waals surface area (Å²) in [5.74, 6) is 0. The van der Waals surface area contributed by atoms with Crippen LogP contribution in [0, 0.1) is 0 Å². The zero-order chi connectivity index (χ0) is 3.58. The second kappa shape index (κ2) is 9.15. The van der Waals surface area contributed by atoms with Crippen molar-refractivity contribution in [2.24, 2.45) is 0 Å². The fourth-order valence-electron chi connectivity index (χ4n) is 0. The van der Waals surface area contributed by atoms with Crippen LogP contribution in [0.2, 0.25) is 0 Å². The molecule has 6 heavy (non-hydrogen) atoms. The molecule has 0 saturated carbocycles. The van der Waals surface area contributed by atoms with Crippen LogP contribution in [0.4, 0.5) is 4.79 Å². The Morgan fingerprint density at radius 2 is 1.50 bits per heavy atom. The standard InChI is InChI=1S/CH2O3.Li.Nb.H/c2-1(3)4;;;/h(H2,2,3,4);;;/q;+1;;-1. The van der Waals surface area contributed by atoms with Crippen LogP contribution in [0.3, 0.4) is 0 Å². The summed E-state index contributed by atoms with van der Waals surface area (Å²) in [6.45, 7) is 0. The van der Waals surface area contributed by atoms with E-state index in [0.717, 1.165) is 0 Å². The summed E-state index contributed by atoms with van der Waals surface area (Å²) in [4.78, 5) is 8.56. The predicted molar refractivity (Wildman–Crippen MR) is 11.8 cm³/mol. The van der Waals surface area contributed by atoms with Gasteiger partial charge in [0.1, 0.15) is 0 Å². The van der Waals surface area contributed by atoms with Crippen LogP contribution in [-0.4, -0.2) is 16.4 Å². The Morgan fingerprint density at radius 3 is 1.50 bits per heavy atom. The van der Waals surface area contributed by atoms with Crippen LogP contribution in [0.15, 0.2) is 0 Å². The van der Waals surface area contributed by atoms with Crippen LogP contribution in [0.1, 0.15) is 1.43 Å². The Hall–Kier alpha value is 0.608. The molecule has 0 aromatic carbocycles. The summed E-state index contributed by atoms with van der Waals surface area (Å²) < 4.78 is 0. The van der Waals surface area contributed by atoms with Crippen LogP contribution in [0.25, 0.3) is 0 Å². The van der Waals surface area contributed by atoms with E-state index in [4.69, 9.17) is 15.0 Å². The van der Waals surface area contributed by atoms with E-state index in [9.17, 15) is 0 Å². The summed E-state index contributed by atoms with van der Waals surface area (Å²) in [6.07, 6.45) is -1.83. The minimum Gasteiger partial charge on any atom is -1.00 e. The van der Waals surface area contributed by atoms with Gasteiger partial charge in [-0.1, -0.05) is 0 Å². The molecule has 0 aromatic rings. The SMILES string of the molecule is O=C(O)O.[H-].[Li+].[Nb]. The van der Waals surface area contributed by atoms with Gasteiger partial charge in [-0.2, -0.15) is 0 Å². The average molecular weight is 163 g/mol. The van der Waals surface area contributed by atoms with E-state index in [1.54, 1.807) is 0 Å². The number of hydrogen-bond acceptors (Lipinski definition) is 1. The first-order valence-electron chi connectivity index (χ1n) is 0.651. The molecule has 0 saturated heterocycles. The van der Waals surface area contributed by atoms with Gasteiger partial charge in [-0.25, -0.2) is 4.79 Å². The van der Waals surface area contributed by atoms with E-state index >= 15 is 0 Å². The largest absolute Gasteiger partial charge is 1.00 e. The third-order valence-corrected chi connectivity index (χ3v) is 0. The molecule has 0 atom stereocenters. The molecule has 2 N–H and O–H groups in total. The van der Waals surface area contributed by atoms with Gasteiger partial charge in [-0.3, -0.25) is 0 Å². The van der Waals surface area contributed by atoms with Gasteiger partial charge < -0.3 is 11.6 Å². The third kappa shape index (κ3) is 162. The number of carbonyl (C=O) groups is 1. The zero-order valence-corrected chi connectivity index (χ0v) is 5.45. The minimum atomic E-state index is -1.83. The molecule has 0 unspecified atom stereocenters. The van der Waals surface area contributed by atoms with Gasteiger partial charge in [0, 0.05) is 22.4 Å². The van der Waals surface area contributed by atoms with Gasteiger partial charge in [0.2, 0.25) is 0 Å². The Labute approximate surface area is 63.9 Å². The number of rotatable bonds is 0. The third-order valence-electron chi connectivity index (χ3n) is 0. The minimum absolute atomic E-state index is 0. The molecule has 31 valence electrons. The fraction of sp³-hybridized carbons (Fsp3) is 0. The summed E-state index contributed by atoms with van der Waals surface area (Å²) in [5, 5.41) is 13.9. The molecule has 0 aromatic heterocycles. The van der Waals surface area contributed by atoms with Crippen molar-refractivity contribution >= 4 is 6.16 Å². The molecule has 5 heteroatoms. The summed E-state index contributed by atoms with van der Waals surface area (Å²) in [5.41, 5.74) is 0. The average Bonchev–Trinajstić information content (AvgIpc) is 0.811. The molecular weight excluding hydrogens is 160 g/mol. The van der Waals surface area contributed by atoms with Crippen molar-refractivity contribution in [3.8, 4) is 0 Å². The molecule has 0 amide bonds. The van der Waals surface area contributed by atoms with Gasteiger partial charge in [0.05, 0.1) is 0 Å². The smallest absolute Gasteiger partial charge is 1.00 e. The van der Waals surface area contributed by atoms with E-state index in [2.05, 4.69) is 0 Å². The van der Waals surface area contributed by atoms with E-state index in [0.29, 0.717) is 0 Å². The molecule has 3 nitrogen and oxygen atoms in total. The summed E-state index contributed by atoms with van der Waals surface area (Å²) in [6, 6.07) is 0. The van der Waals surface area contributed by atoms with Crippen molar-refractivity contribution in [2.45, 2.75) is 0 Å². The summed E-state index contributed by atoms with van der Waals surface area (Å²) in [7, 11) is 0. The molecule has 0 bridgehead atoms. The molecule has 0 aliphatic heterocycles. The monoisotopic (exact) mass is 163 g/mol. The Balaban J connectivity index is -0.0000000150. The van der Waals surface area contributed by atoms with Gasteiger partial charge in [-0.15, -0.1) is 0 Å². The molecule has 0 heterocycles. The Bertz CT molecular complexity index is 37.9. The zero-order valence-electron chi connectivity index (χ0n) is 4.25. The Kier molecular flexibility index (Phi) is 24.3. The molecule has 0 aliphatic carbocycles. The Morgan fingerprint density at radius 1 is 1.50 bits per heavy atom. The molecule has 0 rings (SSSR count). The second-order valence-corrected chi connectivity index (χ2v) is 0.283. The molecule has 1 radical (unpaired) electrons. The van der Waals surface area contributed by atoms with Crippen molar-refractivity contribution in [2.75, 3.05) is 0 Å². The fourth-order valence-corrected chi connectivity index (χ4v) is 0. The van der Waals surface area contributed by atoms with Crippen molar-refractivity contribution < 1.29 is 57.7 Å².